The van der Waals surface area contributed by atoms with Gasteiger partial charge in [0.1, 0.15) is 5.75 Å². The third kappa shape index (κ3) is 3.64. The molecule has 0 spiro atoms. The zero-order valence-electron chi connectivity index (χ0n) is 13.9. The number of nitrogens with one attached hydrogen (secondary N) is 1. The molecule has 0 bridgehead atoms. The van der Waals surface area contributed by atoms with Crippen LogP contribution in [0.1, 0.15) is 18.5 Å². The van der Waals surface area contributed by atoms with Crippen LogP contribution in [0.3, 0.4) is 0 Å². The van der Waals surface area contributed by atoms with Crippen LogP contribution >= 0.6 is 0 Å². The fourth-order valence-corrected chi connectivity index (χ4v) is 2.58. The van der Waals surface area contributed by atoms with Crippen LogP contribution in [0, 0.1) is 5.92 Å². The van der Waals surface area contributed by atoms with Gasteiger partial charge >= 0.3 is 0 Å². The first-order valence-electron chi connectivity index (χ1n) is 8.29. The van der Waals surface area contributed by atoms with E-state index in [0.717, 1.165) is 12.8 Å². The van der Waals surface area contributed by atoms with Gasteiger partial charge in [-0.25, -0.2) is 9.50 Å². The Morgan fingerprint density at radius 1 is 1.27 bits per heavy atom. The third-order valence-electron chi connectivity index (χ3n) is 3.97. The summed E-state index contributed by atoms with van der Waals surface area (Å²) in [7, 11) is 0. The highest BCUT2D eigenvalue weighted by atomic mass is 16.5. The van der Waals surface area contributed by atoms with E-state index in [0.29, 0.717) is 28.7 Å². The molecule has 2 aromatic heterocycles. The van der Waals surface area contributed by atoms with Gasteiger partial charge in [-0.1, -0.05) is 6.07 Å². The monoisotopic (exact) mass is 351 g/mol. The summed E-state index contributed by atoms with van der Waals surface area (Å²) in [5.41, 5.74) is 7.02. The van der Waals surface area contributed by atoms with E-state index in [9.17, 15) is 9.59 Å². The van der Waals surface area contributed by atoms with E-state index >= 15 is 0 Å². The van der Waals surface area contributed by atoms with E-state index in [-0.39, 0.29) is 18.2 Å². The first kappa shape index (κ1) is 16.1. The molecule has 1 aromatic carbocycles. The van der Waals surface area contributed by atoms with Crippen LogP contribution in [-0.2, 0) is 16.0 Å². The van der Waals surface area contributed by atoms with Gasteiger partial charge in [-0.05, 0) is 31.0 Å². The number of nitrogens with two attached hydrogens (primary N) is 1. The lowest BCUT2D eigenvalue weighted by atomic mass is 10.3. The lowest BCUT2D eigenvalue weighted by Crippen LogP contribution is -2.13. The summed E-state index contributed by atoms with van der Waals surface area (Å²) in [5, 5.41) is 7.20. The van der Waals surface area contributed by atoms with E-state index in [1.807, 2.05) is 6.07 Å². The van der Waals surface area contributed by atoms with Crippen molar-refractivity contribution < 1.29 is 14.3 Å². The number of carbonyl (C=O) groups excluding carboxylic acids is 2. The minimum atomic E-state index is -0.449. The number of amides is 2. The summed E-state index contributed by atoms with van der Waals surface area (Å²) in [4.78, 5) is 27.1. The van der Waals surface area contributed by atoms with Crippen molar-refractivity contribution in [2.45, 2.75) is 19.3 Å². The number of nitrogens with zero attached hydrogens (tertiary/aromatic N) is 3. The smallest absolute Gasteiger partial charge is 0.237 e. The average molecular weight is 351 g/mol. The molecule has 26 heavy (non-hydrogen) atoms. The zero-order valence-corrected chi connectivity index (χ0v) is 13.9. The van der Waals surface area contributed by atoms with Crippen LogP contribution < -0.4 is 15.8 Å². The lowest BCUT2D eigenvalue weighted by molar-refractivity contribution is -0.118. The quantitative estimate of drug-likeness (QED) is 0.704. The second kappa shape index (κ2) is 6.47. The van der Waals surface area contributed by atoms with Gasteiger partial charge in [0.2, 0.25) is 17.7 Å². The van der Waals surface area contributed by atoms with Crippen molar-refractivity contribution >= 4 is 23.1 Å². The van der Waals surface area contributed by atoms with E-state index in [4.69, 9.17) is 10.5 Å². The second-order valence-corrected chi connectivity index (χ2v) is 6.24. The summed E-state index contributed by atoms with van der Waals surface area (Å²) < 4.78 is 7.31. The number of carbonyl (C=O) groups is 2. The number of primary amides is 1. The molecular formula is C18H17N5O3. The van der Waals surface area contributed by atoms with Gasteiger partial charge in [0.15, 0.2) is 5.65 Å². The zero-order chi connectivity index (χ0) is 18.1. The van der Waals surface area contributed by atoms with Crippen LogP contribution in [0.4, 0.5) is 5.69 Å². The number of benzene rings is 1. The molecule has 1 fully saturated rings. The summed E-state index contributed by atoms with van der Waals surface area (Å²) in [6, 6.07) is 10.6. The molecular weight excluding hydrogens is 334 g/mol. The molecule has 2 heterocycles. The minimum Gasteiger partial charge on any atom is -0.438 e. The van der Waals surface area contributed by atoms with Gasteiger partial charge in [0, 0.05) is 23.7 Å². The van der Waals surface area contributed by atoms with Crippen LogP contribution in [0.25, 0.3) is 5.65 Å². The van der Waals surface area contributed by atoms with Gasteiger partial charge in [0.05, 0.1) is 18.3 Å². The number of hydrogen-bond acceptors (Lipinski definition) is 5. The highest BCUT2D eigenvalue weighted by molar-refractivity contribution is 5.94. The highest BCUT2D eigenvalue weighted by Crippen LogP contribution is 2.31. The van der Waals surface area contributed by atoms with Gasteiger partial charge in [-0.3, -0.25) is 9.59 Å². The normalized spacial score (nSPS) is 13.5. The van der Waals surface area contributed by atoms with Crippen molar-refractivity contribution in [2.75, 3.05) is 5.32 Å². The first-order chi connectivity index (χ1) is 12.6. The number of rotatable bonds is 6. The molecule has 132 valence electrons. The van der Waals surface area contributed by atoms with E-state index < -0.39 is 5.91 Å². The number of ether oxygens (including phenoxy) is 1. The number of fused-ring (bicyclic) bond motifs is 1. The van der Waals surface area contributed by atoms with Gasteiger partial charge in [-0.2, -0.15) is 0 Å². The largest absolute Gasteiger partial charge is 0.438 e. The SMILES string of the molecule is NC(=O)Cc1cn2nc(Oc3cccc(NC(=O)C4CC4)c3)ccc2n1. The Hall–Kier alpha value is -3.42. The predicted octanol–water partition coefficient (Wildman–Crippen LogP) is 1.90. The summed E-state index contributed by atoms with van der Waals surface area (Å²) >= 11 is 0. The molecule has 0 saturated heterocycles. The van der Waals surface area contributed by atoms with Crippen LogP contribution in [0.15, 0.2) is 42.6 Å². The third-order valence-corrected chi connectivity index (χ3v) is 3.97. The van der Waals surface area contributed by atoms with E-state index in [1.54, 1.807) is 36.5 Å². The number of imidazole rings is 1. The Labute approximate surface area is 149 Å². The summed E-state index contributed by atoms with van der Waals surface area (Å²) in [6.07, 6.45) is 3.60. The fourth-order valence-electron chi connectivity index (χ4n) is 2.58. The van der Waals surface area contributed by atoms with Gasteiger partial charge in [-0.15, -0.1) is 5.10 Å². The van der Waals surface area contributed by atoms with Crippen LogP contribution in [-0.4, -0.2) is 26.4 Å². The molecule has 0 radical (unpaired) electrons. The van der Waals surface area contributed by atoms with Crippen LogP contribution in [0.5, 0.6) is 11.6 Å². The topological polar surface area (TPSA) is 112 Å². The first-order valence-corrected chi connectivity index (χ1v) is 8.29. The molecule has 0 aliphatic heterocycles. The fraction of sp³-hybridized carbons (Fsp3) is 0.222. The van der Waals surface area contributed by atoms with E-state index in [2.05, 4.69) is 15.4 Å². The summed E-state index contributed by atoms with van der Waals surface area (Å²) in [5.74, 6) is 0.658. The van der Waals surface area contributed by atoms with Crippen molar-refractivity contribution in [3.8, 4) is 11.6 Å². The Kier molecular flexibility index (Phi) is 4.00. The van der Waals surface area contributed by atoms with Crippen molar-refractivity contribution in [2.24, 2.45) is 11.7 Å². The molecule has 1 aliphatic rings. The maximum absolute atomic E-state index is 11.9. The molecule has 3 aromatic rings. The highest BCUT2D eigenvalue weighted by Gasteiger charge is 2.29. The molecule has 8 nitrogen and oxygen atoms in total. The number of aromatic nitrogens is 3. The average Bonchev–Trinajstić information content (AvgIpc) is 3.36. The molecule has 3 N–H and O–H groups in total. The maximum atomic E-state index is 11.9. The van der Waals surface area contributed by atoms with Crippen molar-refractivity contribution in [3.05, 3.63) is 48.3 Å². The Bertz CT molecular complexity index is 993. The Morgan fingerprint density at radius 2 is 2.12 bits per heavy atom. The molecule has 0 atom stereocenters. The van der Waals surface area contributed by atoms with E-state index in [1.165, 1.54) is 4.52 Å². The van der Waals surface area contributed by atoms with Gasteiger partial charge < -0.3 is 15.8 Å². The van der Waals surface area contributed by atoms with Crippen molar-refractivity contribution in [1.82, 2.24) is 14.6 Å². The maximum Gasteiger partial charge on any atom is 0.237 e. The molecule has 0 unspecified atom stereocenters. The Balaban J connectivity index is 1.51. The molecule has 2 amide bonds. The molecule has 1 aliphatic carbocycles. The Morgan fingerprint density at radius 3 is 2.88 bits per heavy atom. The predicted molar refractivity (Wildman–Crippen MR) is 93.8 cm³/mol. The van der Waals surface area contributed by atoms with Gasteiger partial charge in [0.25, 0.3) is 0 Å². The summed E-state index contributed by atoms with van der Waals surface area (Å²) in [6.45, 7) is 0. The number of hydrogen-bond donors (Lipinski definition) is 2. The van der Waals surface area contributed by atoms with Crippen molar-refractivity contribution in [3.63, 3.8) is 0 Å². The molecule has 1 saturated carbocycles. The standard InChI is InChI=1S/C18H17N5O3/c19-15(24)9-13-10-23-16(20-13)6-7-17(22-23)26-14-3-1-2-12(8-14)21-18(25)11-4-5-11/h1-3,6-8,10-11H,4-5,9H2,(H2,19,24)(H,21,25). The molecule has 8 heteroatoms. The second-order valence-electron chi connectivity index (χ2n) is 6.24. The van der Waals surface area contributed by atoms with Crippen LogP contribution in [0.2, 0.25) is 0 Å². The minimum absolute atomic E-state index is 0.0436. The van der Waals surface area contributed by atoms with Crippen molar-refractivity contribution in [1.29, 1.82) is 0 Å². The molecule has 4 rings (SSSR count). The lowest BCUT2D eigenvalue weighted by Gasteiger charge is -2.08. The number of anilines is 1.